The van der Waals surface area contributed by atoms with E-state index in [1.165, 1.54) is 11.1 Å². The summed E-state index contributed by atoms with van der Waals surface area (Å²) in [5.41, 5.74) is 10.7. The summed E-state index contributed by atoms with van der Waals surface area (Å²) >= 11 is 0. The van der Waals surface area contributed by atoms with Gasteiger partial charge in [-0.1, -0.05) is 43.3 Å². The van der Waals surface area contributed by atoms with Gasteiger partial charge in [0.15, 0.2) is 0 Å². The zero-order valence-electron chi connectivity index (χ0n) is 12.3. The summed E-state index contributed by atoms with van der Waals surface area (Å²) < 4.78 is 0. The molecule has 3 rings (SSSR count). The van der Waals surface area contributed by atoms with Crippen LogP contribution in [0.25, 0.3) is 11.0 Å². The van der Waals surface area contributed by atoms with Crippen LogP contribution in [-0.4, -0.2) is 16.5 Å². The molecule has 0 radical (unpaired) electrons. The lowest BCUT2D eigenvalue weighted by molar-refractivity contribution is 0.658. The summed E-state index contributed by atoms with van der Waals surface area (Å²) in [6.45, 7) is 2.76. The molecule has 3 aromatic rings. The number of H-pyrrole nitrogens is 1. The summed E-state index contributed by atoms with van der Waals surface area (Å²) in [5, 5.41) is 0. The van der Waals surface area contributed by atoms with Crippen molar-refractivity contribution in [1.82, 2.24) is 9.97 Å². The zero-order valence-corrected chi connectivity index (χ0v) is 12.3. The predicted octanol–water partition coefficient (Wildman–Crippen LogP) is 3.41. The van der Waals surface area contributed by atoms with Crippen molar-refractivity contribution in [1.29, 1.82) is 0 Å². The smallest absolute Gasteiger partial charge is 0.111 e. The minimum absolute atomic E-state index is 0.227. The van der Waals surface area contributed by atoms with Gasteiger partial charge in [0.05, 0.1) is 11.0 Å². The number of hydrogen-bond donors (Lipinski definition) is 2. The van der Waals surface area contributed by atoms with E-state index in [0.29, 0.717) is 6.54 Å². The van der Waals surface area contributed by atoms with Gasteiger partial charge >= 0.3 is 0 Å². The standard InChI is InChI=1S/C18H21N3/c1-2-13-8-9-16-17(11-13)21-18(20-16)15(12-19)10-14-6-4-3-5-7-14/h3-9,11,15H,2,10,12,19H2,1H3,(H,20,21). The van der Waals surface area contributed by atoms with E-state index >= 15 is 0 Å². The second-order valence-electron chi connectivity index (χ2n) is 5.45. The highest BCUT2D eigenvalue weighted by Crippen LogP contribution is 2.21. The van der Waals surface area contributed by atoms with Gasteiger partial charge in [-0.05, 0) is 36.1 Å². The van der Waals surface area contributed by atoms with Crippen LogP contribution in [0, 0.1) is 0 Å². The van der Waals surface area contributed by atoms with Gasteiger partial charge in [0.1, 0.15) is 5.82 Å². The van der Waals surface area contributed by atoms with Crippen molar-refractivity contribution in [2.75, 3.05) is 6.54 Å². The number of benzene rings is 2. The van der Waals surface area contributed by atoms with Crippen molar-refractivity contribution < 1.29 is 0 Å². The molecule has 21 heavy (non-hydrogen) atoms. The normalized spacial score (nSPS) is 12.7. The Morgan fingerprint density at radius 2 is 1.90 bits per heavy atom. The third-order valence-corrected chi connectivity index (χ3v) is 3.97. The number of rotatable bonds is 5. The number of aromatic amines is 1. The predicted molar refractivity (Wildman–Crippen MR) is 87.4 cm³/mol. The molecule has 1 heterocycles. The second kappa shape index (κ2) is 6.10. The first-order valence-electron chi connectivity index (χ1n) is 7.52. The van der Waals surface area contributed by atoms with Crippen molar-refractivity contribution in [3.05, 3.63) is 65.5 Å². The van der Waals surface area contributed by atoms with Crippen LogP contribution in [0.1, 0.15) is 29.8 Å². The molecular formula is C18H21N3. The van der Waals surface area contributed by atoms with Crippen LogP contribution in [0.3, 0.4) is 0 Å². The van der Waals surface area contributed by atoms with Gasteiger partial charge in [0.2, 0.25) is 0 Å². The van der Waals surface area contributed by atoms with Gasteiger partial charge in [-0.25, -0.2) is 4.98 Å². The Kier molecular flexibility index (Phi) is 4.02. The number of hydrogen-bond acceptors (Lipinski definition) is 2. The molecule has 1 aromatic heterocycles. The molecule has 0 spiro atoms. The summed E-state index contributed by atoms with van der Waals surface area (Å²) in [7, 11) is 0. The summed E-state index contributed by atoms with van der Waals surface area (Å²) in [6, 6.07) is 16.9. The molecule has 1 unspecified atom stereocenters. The highest BCUT2D eigenvalue weighted by molar-refractivity contribution is 5.76. The lowest BCUT2D eigenvalue weighted by Crippen LogP contribution is -2.16. The fourth-order valence-corrected chi connectivity index (χ4v) is 2.68. The fraction of sp³-hybridized carbons (Fsp3) is 0.278. The molecule has 0 aliphatic carbocycles. The molecule has 0 fully saturated rings. The molecule has 0 aliphatic rings. The van der Waals surface area contributed by atoms with E-state index in [4.69, 9.17) is 10.7 Å². The molecule has 0 bridgehead atoms. The molecule has 0 saturated heterocycles. The van der Waals surface area contributed by atoms with Crippen molar-refractivity contribution in [2.24, 2.45) is 5.73 Å². The Balaban J connectivity index is 1.90. The number of nitrogens with zero attached hydrogens (tertiary/aromatic N) is 1. The summed E-state index contributed by atoms with van der Waals surface area (Å²) in [4.78, 5) is 8.17. The van der Waals surface area contributed by atoms with Crippen molar-refractivity contribution in [3.8, 4) is 0 Å². The number of fused-ring (bicyclic) bond motifs is 1. The largest absolute Gasteiger partial charge is 0.342 e. The maximum atomic E-state index is 5.97. The maximum Gasteiger partial charge on any atom is 0.111 e. The topological polar surface area (TPSA) is 54.7 Å². The lowest BCUT2D eigenvalue weighted by Gasteiger charge is -2.11. The number of nitrogens with one attached hydrogen (secondary N) is 1. The van der Waals surface area contributed by atoms with E-state index in [1.54, 1.807) is 0 Å². The van der Waals surface area contributed by atoms with E-state index in [0.717, 1.165) is 29.7 Å². The third-order valence-electron chi connectivity index (χ3n) is 3.97. The van der Waals surface area contributed by atoms with E-state index in [9.17, 15) is 0 Å². The first kappa shape index (κ1) is 13.8. The quantitative estimate of drug-likeness (QED) is 0.752. The number of imidazole rings is 1. The van der Waals surface area contributed by atoms with Crippen molar-refractivity contribution in [2.45, 2.75) is 25.7 Å². The highest BCUT2D eigenvalue weighted by Gasteiger charge is 2.15. The Morgan fingerprint density at radius 3 is 2.62 bits per heavy atom. The summed E-state index contributed by atoms with van der Waals surface area (Å²) in [5.74, 6) is 1.22. The van der Waals surface area contributed by atoms with E-state index in [1.807, 2.05) is 6.07 Å². The van der Waals surface area contributed by atoms with Crippen LogP contribution in [0.2, 0.25) is 0 Å². The highest BCUT2D eigenvalue weighted by atomic mass is 14.9. The third kappa shape index (κ3) is 2.98. The average Bonchev–Trinajstić information content (AvgIpc) is 2.96. The maximum absolute atomic E-state index is 5.97. The van der Waals surface area contributed by atoms with Crippen molar-refractivity contribution in [3.63, 3.8) is 0 Å². The fourth-order valence-electron chi connectivity index (χ4n) is 2.68. The van der Waals surface area contributed by atoms with Crippen LogP contribution in [0.4, 0.5) is 0 Å². The first-order valence-corrected chi connectivity index (χ1v) is 7.52. The molecule has 108 valence electrons. The zero-order chi connectivity index (χ0) is 14.7. The van der Waals surface area contributed by atoms with Crippen LogP contribution >= 0.6 is 0 Å². The van der Waals surface area contributed by atoms with Crippen molar-refractivity contribution >= 4 is 11.0 Å². The Labute approximate surface area is 125 Å². The average molecular weight is 279 g/mol. The molecular weight excluding hydrogens is 258 g/mol. The number of nitrogens with two attached hydrogens (primary N) is 1. The van der Waals surface area contributed by atoms with E-state index in [-0.39, 0.29) is 5.92 Å². The van der Waals surface area contributed by atoms with Gasteiger partial charge in [-0.3, -0.25) is 0 Å². The lowest BCUT2D eigenvalue weighted by atomic mass is 9.99. The van der Waals surface area contributed by atoms with Crippen LogP contribution < -0.4 is 5.73 Å². The monoisotopic (exact) mass is 279 g/mol. The van der Waals surface area contributed by atoms with Crippen LogP contribution in [0.15, 0.2) is 48.5 Å². The molecule has 3 nitrogen and oxygen atoms in total. The minimum Gasteiger partial charge on any atom is -0.342 e. The number of aromatic nitrogens is 2. The second-order valence-corrected chi connectivity index (χ2v) is 5.45. The van der Waals surface area contributed by atoms with Gasteiger partial charge in [-0.2, -0.15) is 0 Å². The molecule has 0 saturated carbocycles. The Morgan fingerprint density at radius 1 is 1.10 bits per heavy atom. The molecule has 0 amide bonds. The van der Waals surface area contributed by atoms with Crippen LogP contribution in [-0.2, 0) is 12.8 Å². The molecule has 2 aromatic carbocycles. The Hall–Kier alpha value is -2.13. The van der Waals surface area contributed by atoms with Gasteiger partial charge in [-0.15, -0.1) is 0 Å². The molecule has 1 atom stereocenters. The molecule has 3 heteroatoms. The van der Waals surface area contributed by atoms with Gasteiger partial charge in [0.25, 0.3) is 0 Å². The van der Waals surface area contributed by atoms with E-state index in [2.05, 4.69) is 54.4 Å². The summed E-state index contributed by atoms with van der Waals surface area (Å²) in [6.07, 6.45) is 1.95. The number of aryl methyl sites for hydroxylation is 1. The molecule has 0 aliphatic heterocycles. The van der Waals surface area contributed by atoms with Crippen LogP contribution in [0.5, 0.6) is 0 Å². The van der Waals surface area contributed by atoms with Gasteiger partial charge < -0.3 is 10.7 Å². The van der Waals surface area contributed by atoms with E-state index < -0.39 is 0 Å². The first-order chi connectivity index (χ1) is 10.3. The minimum atomic E-state index is 0.227. The SMILES string of the molecule is CCc1ccc2nc(C(CN)Cc3ccccc3)[nH]c2c1. The Bertz CT molecular complexity index is 716. The van der Waals surface area contributed by atoms with Gasteiger partial charge in [0, 0.05) is 12.5 Å². The molecule has 3 N–H and O–H groups in total.